The predicted octanol–water partition coefficient (Wildman–Crippen LogP) is 7.33. The van der Waals surface area contributed by atoms with Crippen LogP contribution in [0.3, 0.4) is 0 Å². The SMILES string of the molecule is CCCCCCCCCCCCCC(=O)NCC(=O)NN=Cc1ccc(OC(=O)c2cccc3ccccc23)cc1. The molecule has 0 bridgehead atoms. The zero-order valence-corrected chi connectivity index (χ0v) is 24.2. The van der Waals surface area contributed by atoms with Gasteiger partial charge in [0.15, 0.2) is 0 Å². The molecule has 0 aliphatic carbocycles. The maximum Gasteiger partial charge on any atom is 0.344 e. The highest BCUT2D eigenvalue weighted by molar-refractivity contribution is 6.05. The van der Waals surface area contributed by atoms with Crippen molar-refractivity contribution in [3.05, 3.63) is 77.9 Å². The standard InChI is InChI=1S/C34H43N3O4/c1-2-3-4-5-6-7-8-9-10-11-12-20-32(38)35-26-33(39)37-36-25-27-21-23-29(24-22-27)41-34(40)31-19-15-17-28-16-13-14-18-30(28)31/h13-19,21-25H,2-12,20,26H2,1H3,(H,35,38)(H,37,39). The van der Waals surface area contributed by atoms with Gasteiger partial charge in [-0.25, -0.2) is 10.2 Å². The highest BCUT2D eigenvalue weighted by Crippen LogP contribution is 2.21. The van der Waals surface area contributed by atoms with Gasteiger partial charge in [0.2, 0.25) is 5.91 Å². The first-order valence-electron chi connectivity index (χ1n) is 15.0. The number of hydrogen-bond donors (Lipinski definition) is 2. The average Bonchev–Trinajstić information content (AvgIpc) is 2.99. The quantitative estimate of drug-likeness (QED) is 0.0563. The van der Waals surface area contributed by atoms with Gasteiger partial charge in [-0.05, 0) is 53.1 Å². The van der Waals surface area contributed by atoms with Crippen molar-refractivity contribution in [2.45, 2.75) is 84.0 Å². The van der Waals surface area contributed by atoms with E-state index >= 15 is 0 Å². The van der Waals surface area contributed by atoms with Crippen LogP contribution in [0.4, 0.5) is 0 Å². The van der Waals surface area contributed by atoms with Crippen molar-refractivity contribution in [3.8, 4) is 5.75 Å². The normalized spacial score (nSPS) is 11.0. The van der Waals surface area contributed by atoms with Crippen molar-refractivity contribution < 1.29 is 19.1 Å². The van der Waals surface area contributed by atoms with Crippen LogP contribution in [-0.4, -0.2) is 30.5 Å². The monoisotopic (exact) mass is 557 g/mol. The number of nitrogens with one attached hydrogen (secondary N) is 2. The number of esters is 1. The second-order valence-electron chi connectivity index (χ2n) is 10.3. The van der Waals surface area contributed by atoms with Crippen LogP contribution in [0.25, 0.3) is 10.8 Å². The molecular formula is C34H43N3O4. The molecule has 0 aliphatic rings. The molecule has 0 saturated heterocycles. The van der Waals surface area contributed by atoms with Crippen LogP contribution in [0.2, 0.25) is 0 Å². The number of ether oxygens (including phenoxy) is 1. The summed E-state index contributed by atoms with van der Waals surface area (Å²) in [5, 5.41) is 8.39. The average molecular weight is 558 g/mol. The molecule has 0 saturated carbocycles. The van der Waals surface area contributed by atoms with E-state index in [1.807, 2.05) is 36.4 Å². The molecule has 0 unspecified atom stereocenters. The number of hydrazone groups is 1. The number of hydrogen-bond acceptors (Lipinski definition) is 5. The molecule has 0 radical (unpaired) electrons. The maximum absolute atomic E-state index is 12.7. The molecule has 0 heterocycles. The second kappa shape index (κ2) is 18.4. The molecule has 2 N–H and O–H groups in total. The Morgan fingerprint density at radius 2 is 1.37 bits per heavy atom. The number of amides is 2. The minimum Gasteiger partial charge on any atom is -0.423 e. The third-order valence-electron chi connectivity index (χ3n) is 6.96. The highest BCUT2D eigenvalue weighted by atomic mass is 16.5. The third-order valence-corrected chi connectivity index (χ3v) is 6.96. The van der Waals surface area contributed by atoms with E-state index in [4.69, 9.17) is 4.74 Å². The summed E-state index contributed by atoms with van der Waals surface area (Å²) < 4.78 is 5.54. The van der Waals surface area contributed by atoms with E-state index < -0.39 is 11.9 Å². The Morgan fingerprint density at radius 3 is 2.07 bits per heavy atom. The maximum atomic E-state index is 12.7. The van der Waals surface area contributed by atoms with Crippen LogP contribution in [0.5, 0.6) is 5.75 Å². The van der Waals surface area contributed by atoms with Gasteiger partial charge in [0.05, 0.1) is 18.3 Å². The van der Waals surface area contributed by atoms with E-state index in [1.165, 1.54) is 57.6 Å². The molecule has 0 fully saturated rings. The Hall–Kier alpha value is -4.00. The molecule has 41 heavy (non-hydrogen) atoms. The summed E-state index contributed by atoms with van der Waals surface area (Å²) in [5.74, 6) is -0.534. The van der Waals surface area contributed by atoms with Crippen LogP contribution in [0.15, 0.2) is 71.8 Å². The predicted molar refractivity (Wildman–Crippen MR) is 165 cm³/mol. The fourth-order valence-electron chi connectivity index (χ4n) is 4.62. The zero-order valence-electron chi connectivity index (χ0n) is 24.2. The van der Waals surface area contributed by atoms with E-state index in [-0.39, 0.29) is 12.5 Å². The first kappa shape index (κ1) is 31.5. The van der Waals surface area contributed by atoms with Crippen LogP contribution >= 0.6 is 0 Å². The lowest BCUT2D eigenvalue weighted by molar-refractivity contribution is -0.126. The Labute approximate surface area is 243 Å². The lowest BCUT2D eigenvalue weighted by Crippen LogP contribution is -2.34. The summed E-state index contributed by atoms with van der Waals surface area (Å²) in [6.45, 7) is 2.13. The number of benzene rings is 3. The number of carbonyl (C=O) groups is 3. The first-order chi connectivity index (χ1) is 20.1. The fourth-order valence-corrected chi connectivity index (χ4v) is 4.62. The summed E-state index contributed by atoms with van der Waals surface area (Å²) in [4.78, 5) is 36.7. The zero-order chi connectivity index (χ0) is 29.1. The second-order valence-corrected chi connectivity index (χ2v) is 10.3. The molecular weight excluding hydrogens is 514 g/mol. The molecule has 3 aromatic rings. The molecule has 7 nitrogen and oxygen atoms in total. The number of nitrogens with zero attached hydrogens (tertiary/aromatic N) is 1. The van der Waals surface area contributed by atoms with Crippen LogP contribution in [-0.2, 0) is 9.59 Å². The molecule has 0 atom stereocenters. The Balaban J connectivity index is 1.27. The third kappa shape index (κ3) is 12.0. The number of carbonyl (C=O) groups excluding carboxylic acids is 3. The lowest BCUT2D eigenvalue weighted by atomic mass is 10.0. The van der Waals surface area contributed by atoms with Crippen molar-refractivity contribution in [1.29, 1.82) is 0 Å². The van der Waals surface area contributed by atoms with Crippen molar-refractivity contribution >= 4 is 34.8 Å². The largest absolute Gasteiger partial charge is 0.423 e. The molecule has 0 aromatic heterocycles. The summed E-state index contributed by atoms with van der Waals surface area (Å²) in [7, 11) is 0. The van der Waals surface area contributed by atoms with Gasteiger partial charge in [0.1, 0.15) is 5.75 Å². The summed E-state index contributed by atoms with van der Waals surface area (Å²) >= 11 is 0. The Morgan fingerprint density at radius 1 is 0.732 bits per heavy atom. The number of rotatable bonds is 18. The van der Waals surface area contributed by atoms with E-state index in [0.29, 0.717) is 17.7 Å². The Bertz CT molecular complexity index is 1270. The van der Waals surface area contributed by atoms with E-state index in [0.717, 1.165) is 35.6 Å². The molecule has 3 aromatic carbocycles. The van der Waals surface area contributed by atoms with Crippen LogP contribution < -0.4 is 15.5 Å². The van der Waals surface area contributed by atoms with Gasteiger partial charge in [-0.2, -0.15) is 5.10 Å². The smallest absolute Gasteiger partial charge is 0.344 e. The van der Waals surface area contributed by atoms with Crippen LogP contribution in [0, 0.1) is 0 Å². The van der Waals surface area contributed by atoms with Gasteiger partial charge in [-0.3, -0.25) is 9.59 Å². The van der Waals surface area contributed by atoms with Gasteiger partial charge < -0.3 is 10.1 Å². The van der Waals surface area contributed by atoms with Crippen molar-refractivity contribution in [1.82, 2.24) is 10.7 Å². The van der Waals surface area contributed by atoms with E-state index in [1.54, 1.807) is 30.3 Å². The lowest BCUT2D eigenvalue weighted by Gasteiger charge is -2.07. The first-order valence-corrected chi connectivity index (χ1v) is 15.0. The molecule has 2 amide bonds. The molecule has 0 spiro atoms. The topological polar surface area (TPSA) is 96.9 Å². The fraction of sp³-hybridized carbons (Fsp3) is 0.412. The summed E-state index contributed by atoms with van der Waals surface area (Å²) in [6, 6.07) is 20.0. The van der Waals surface area contributed by atoms with Crippen molar-refractivity contribution in [3.63, 3.8) is 0 Å². The van der Waals surface area contributed by atoms with E-state index in [2.05, 4.69) is 22.8 Å². The van der Waals surface area contributed by atoms with Gasteiger partial charge >= 0.3 is 5.97 Å². The summed E-state index contributed by atoms with van der Waals surface area (Å²) in [5.41, 5.74) is 3.63. The van der Waals surface area contributed by atoms with E-state index in [9.17, 15) is 14.4 Å². The molecule has 3 rings (SSSR count). The minimum absolute atomic E-state index is 0.114. The van der Waals surface area contributed by atoms with Crippen molar-refractivity contribution in [2.75, 3.05) is 6.54 Å². The Kier molecular flexibility index (Phi) is 14.1. The number of fused-ring (bicyclic) bond motifs is 1. The molecule has 218 valence electrons. The van der Waals surface area contributed by atoms with Crippen molar-refractivity contribution in [2.24, 2.45) is 5.10 Å². The molecule has 7 heteroatoms. The van der Waals surface area contributed by atoms with Crippen LogP contribution in [0.1, 0.15) is 99.9 Å². The summed E-state index contributed by atoms with van der Waals surface area (Å²) in [6.07, 6.45) is 15.5. The minimum atomic E-state index is -0.430. The van der Waals surface area contributed by atoms with Gasteiger partial charge in [-0.15, -0.1) is 0 Å². The molecule has 0 aliphatic heterocycles. The number of unbranched alkanes of at least 4 members (excludes halogenated alkanes) is 10. The highest BCUT2D eigenvalue weighted by Gasteiger charge is 2.12. The van der Waals surface area contributed by atoms with Gasteiger partial charge in [-0.1, -0.05) is 108 Å². The van der Waals surface area contributed by atoms with Gasteiger partial charge in [0.25, 0.3) is 5.91 Å². The van der Waals surface area contributed by atoms with Gasteiger partial charge in [0, 0.05) is 6.42 Å².